The van der Waals surface area contributed by atoms with E-state index in [0.29, 0.717) is 6.54 Å². The first-order chi connectivity index (χ1) is 6.97. The third kappa shape index (κ3) is 3.16. The first-order valence-corrected chi connectivity index (χ1v) is 6.59. The summed E-state index contributed by atoms with van der Waals surface area (Å²) in [5, 5.41) is 8.46. The van der Waals surface area contributed by atoms with Crippen LogP contribution in [0.3, 0.4) is 0 Å². The van der Waals surface area contributed by atoms with E-state index in [1.165, 1.54) is 4.31 Å². The molecule has 0 aromatic rings. The molecule has 1 rings (SSSR count). The molecule has 1 atom stereocenters. The van der Waals surface area contributed by atoms with Crippen molar-refractivity contribution in [1.29, 1.82) is 5.26 Å². The molecule has 1 fully saturated rings. The van der Waals surface area contributed by atoms with Crippen LogP contribution in [0.5, 0.6) is 0 Å². The van der Waals surface area contributed by atoms with Crippen LogP contribution in [0.15, 0.2) is 0 Å². The average molecular weight is 231 g/mol. The fourth-order valence-corrected chi connectivity index (χ4v) is 3.31. The molecule has 0 aromatic carbocycles. The van der Waals surface area contributed by atoms with Gasteiger partial charge >= 0.3 is 0 Å². The van der Waals surface area contributed by atoms with Gasteiger partial charge in [0.1, 0.15) is 0 Å². The summed E-state index contributed by atoms with van der Waals surface area (Å²) >= 11 is 0. The van der Waals surface area contributed by atoms with Gasteiger partial charge in [-0.05, 0) is 26.9 Å². The molecule has 1 aliphatic rings. The molecule has 6 heteroatoms. The Bertz CT molecular complexity index is 345. The highest BCUT2D eigenvalue weighted by molar-refractivity contribution is 7.89. The molecule has 86 valence electrons. The lowest BCUT2D eigenvalue weighted by atomic mass is 10.2. The molecule has 0 aromatic heterocycles. The summed E-state index contributed by atoms with van der Waals surface area (Å²) in [5.74, 6) is -0.406. The summed E-state index contributed by atoms with van der Waals surface area (Å²) < 4.78 is 24.9. The SMILES string of the molecule is CN(C)CC1CCCN1S(=O)(=O)CC#N. The lowest BCUT2D eigenvalue weighted by Gasteiger charge is -2.25. The standard InChI is InChI=1S/C9H17N3O2S/c1-11(2)8-9-4-3-6-12(9)15(13,14)7-5-10/h9H,3-4,6-8H2,1-2H3. The molecule has 0 saturated carbocycles. The first-order valence-electron chi connectivity index (χ1n) is 4.98. The minimum absolute atomic E-state index is 0.0401. The predicted molar refractivity (Wildman–Crippen MR) is 57.7 cm³/mol. The maximum atomic E-state index is 11.7. The van der Waals surface area contributed by atoms with Crippen molar-refractivity contribution < 1.29 is 8.42 Å². The van der Waals surface area contributed by atoms with Gasteiger partial charge in [-0.25, -0.2) is 8.42 Å². The zero-order valence-electron chi connectivity index (χ0n) is 9.18. The van der Waals surface area contributed by atoms with Gasteiger partial charge in [0.2, 0.25) is 10.0 Å². The largest absolute Gasteiger partial charge is 0.308 e. The van der Waals surface area contributed by atoms with Crippen molar-refractivity contribution in [2.24, 2.45) is 0 Å². The second kappa shape index (κ2) is 4.92. The van der Waals surface area contributed by atoms with E-state index in [1.54, 1.807) is 6.07 Å². The lowest BCUT2D eigenvalue weighted by Crippen LogP contribution is -2.42. The third-order valence-electron chi connectivity index (χ3n) is 2.50. The Morgan fingerprint density at radius 1 is 1.53 bits per heavy atom. The minimum atomic E-state index is -3.36. The highest BCUT2D eigenvalue weighted by Crippen LogP contribution is 2.21. The molecule has 0 N–H and O–H groups in total. The normalized spacial score (nSPS) is 23.2. The molecule has 0 spiro atoms. The van der Waals surface area contributed by atoms with Gasteiger partial charge < -0.3 is 4.90 Å². The summed E-state index contributed by atoms with van der Waals surface area (Å²) in [4.78, 5) is 1.98. The van der Waals surface area contributed by atoms with Crippen LogP contribution in [0.4, 0.5) is 0 Å². The van der Waals surface area contributed by atoms with Crippen molar-refractivity contribution in [3.8, 4) is 6.07 Å². The number of likely N-dealkylation sites (N-methyl/N-ethyl adjacent to an activating group) is 1. The van der Waals surface area contributed by atoms with Crippen LogP contribution in [0, 0.1) is 11.3 Å². The van der Waals surface area contributed by atoms with E-state index in [-0.39, 0.29) is 6.04 Å². The maximum absolute atomic E-state index is 11.7. The fourth-order valence-electron chi connectivity index (χ4n) is 1.94. The quantitative estimate of drug-likeness (QED) is 0.676. The molecule has 1 saturated heterocycles. The van der Waals surface area contributed by atoms with Crippen LogP contribution >= 0.6 is 0 Å². The lowest BCUT2D eigenvalue weighted by molar-refractivity contribution is 0.292. The predicted octanol–water partition coefficient (Wildman–Crippen LogP) is -0.134. The monoisotopic (exact) mass is 231 g/mol. The van der Waals surface area contributed by atoms with Crippen molar-refractivity contribution in [2.45, 2.75) is 18.9 Å². The highest BCUT2D eigenvalue weighted by atomic mass is 32.2. The number of rotatable bonds is 4. The zero-order chi connectivity index (χ0) is 11.5. The molecule has 1 aliphatic heterocycles. The van der Waals surface area contributed by atoms with Crippen molar-refractivity contribution in [3.63, 3.8) is 0 Å². The van der Waals surface area contributed by atoms with Crippen molar-refractivity contribution in [2.75, 3.05) is 32.9 Å². The summed E-state index contributed by atoms with van der Waals surface area (Å²) in [7, 11) is 0.489. The second-order valence-electron chi connectivity index (χ2n) is 4.08. The van der Waals surface area contributed by atoms with Crippen molar-refractivity contribution in [1.82, 2.24) is 9.21 Å². The maximum Gasteiger partial charge on any atom is 0.227 e. The van der Waals surface area contributed by atoms with Gasteiger partial charge in [0.25, 0.3) is 0 Å². The molecule has 0 aliphatic carbocycles. The van der Waals surface area contributed by atoms with Crippen LogP contribution in [0.1, 0.15) is 12.8 Å². The molecular weight excluding hydrogens is 214 g/mol. The molecule has 1 heterocycles. The average Bonchev–Trinajstić information content (AvgIpc) is 2.51. The van der Waals surface area contributed by atoms with Gasteiger partial charge in [0.05, 0.1) is 6.07 Å². The molecule has 0 amide bonds. The summed E-state index contributed by atoms with van der Waals surface area (Å²) in [6.07, 6.45) is 1.78. The van der Waals surface area contributed by atoms with Crippen LogP contribution in [0.2, 0.25) is 0 Å². The van der Waals surface area contributed by atoms with Crippen molar-refractivity contribution >= 4 is 10.0 Å². The van der Waals surface area contributed by atoms with Gasteiger partial charge in [-0.15, -0.1) is 0 Å². The van der Waals surface area contributed by atoms with Gasteiger partial charge in [0, 0.05) is 19.1 Å². The van der Waals surface area contributed by atoms with Gasteiger partial charge in [-0.3, -0.25) is 0 Å². The van der Waals surface area contributed by atoms with E-state index in [0.717, 1.165) is 19.4 Å². The van der Waals surface area contributed by atoms with Gasteiger partial charge in [0.15, 0.2) is 5.75 Å². The van der Waals surface area contributed by atoms with Gasteiger partial charge in [-0.1, -0.05) is 0 Å². The Morgan fingerprint density at radius 3 is 2.73 bits per heavy atom. The molecule has 1 unspecified atom stereocenters. The highest BCUT2D eigenvalue weighted by Gasteiger charge is 2.33. The van der Waals surface area contributed by atoms with E-state index in [1.807, 2.05) is 19.0 Å². The van der Waals surface area contributed by atoms with E-state index in [9.17, 15) is 8.42 Å². The van der Waals surface area contributed by atoms with E-state index in [2.05, 4.69) is 0 Å². The Balaban J connectivity index is 2.73. The zero-order valence-corrected chi connectivity index (χ0v) is 10.00. The molecular formula is C9H17N3O2S. The van der Waals surface area contributed by atoms with Crippen LogP contribution in [0.25, 0.3) is 0 Å². The van der Waals surface area contributed by atoms with Crippen molar-refractivity contribution in [3.05, 3.63) is 0 Å². The summed E-state index contributed by atoms with van der Waals surface area (Å²) in [6.45, 7) is 1.28. The Hall–Kier alpha value is -0.640. The number of sulfonamides is 1. The molecule has 0 bridgehead atoms. The van der Waals surface area contributed by atoms with E-state index < -0.39 is 15.8 Å². The minimum Gasteiger partial charge on any atom is -0.308 e. The van der Waals surface area contributed by atoms with Crippen LogP contribution in [-0.4, -0.2) is 56.6 Å². The number of hydrogen-bond donors (Lipinski definition) is 0. The molecule has 15 heavy (non-hydrogen) atoms. The molecule has 5 nitrogen and oxygen atoms in total. The van der Waals surface area contributed by atoms with Crippen LogP contribution in [-0.2, 0) is 10.0 Å². The number of hydrogen-bond acceptors (Lipinski definition) is 4. The summed E-state index contributed by atoms with van der Waals surface area (Å²) in [5.41, 5.74) is 0. The Kier molecular flexibility index (Phi) is 4.08. The smallest absolute Gasteiger partial charge is 0.227 e. The Labute approximate surface area is 91.3 Å². The number of nitriles is 1. The second-order valence-corrected chi connectivity index (χ2v) is 6.00. The Morgan fingerprint density at radius 2 is 2.20 bits per heavy atom. The van der Waals surface area contributed by atoms with Gasteiger partial charge in [-0.2, -0.15) is 9.57 Å². The van der Waals surface area contributed by atoms with E-state index >= 15 is 0 Å². The third-order valence-corrected chi connectivity index (χ3v) is 4.19. The van der Waals surface area contributed by atoms with E-state index in [4.69, 9.17) is 5.26 Å². The summed E-state index contributed by atoms with van der Waals surface area (Å²) in [6, 6.07) is 1.76. The topological polar surface area (TPSA) is 64.4 Å². The molecule has 0 radical (unpaired) electrons. The first kappa shape index (κ1) is 12.4. The van der Waals surface area contributed by atoms with Crippen LogP contribution < -0.4 is 0 Å². The fraction of sp³-hybridized carbons (Fsp3) is 0.889. The number of nitrogens with zero attached hydrogens (tertiary/aromatic N) is 3.